The number of aryl methyl sites for hydroxylation is 2. The molecular formula is C27H31N7. The predicted octanol–water partition coefficient (Wildman–Crippen LogP) is 5.12. The summed E-state index contributed by atoms with van der Waals surface area (Å²) in [5, 5.41) is 12.6. The Kier molecular flexibility index (Phi) is 5.63. The smallest absolute Gasteiger partial charge is 0.183 e. The SMILES string of the molecule is Cc1nc(C)c2c(n1)N(Cc1ccc(-c3ccccc3-c3nnnn3C(C)(C)C)cc1)CCC2. The number of aromatic nitrogens is 6. The van der Waals surface area contributed by atoms with Crippen LogP contribution in [0.25, 0.3) is 22.5 Å². The highest BCUT2D eigenvalue weighted by Gasteiger charge is 2.23. The van der Waals surface area contributed by atoms with Gasteiger partial charge in [0.1, 0.15) is 11.6 Å². The molecule has 174 valence electrons. The summed E-state index contributed by atoms with van der Waals surface area (Å²) in [4.78, 5) is 11.7. The lowest BCUT2D eigenvalue weighted by molar-refractivity contribution is 0.351. The lowest BCUT2D eigenvalue weighted by Crippen LogP contribution is -2.31. The standard InChI is InChI=1S/C27H31N7/c1-18-22-11-8-16-33(25(22)29-19(2)28-18)17-20-12-14-21(15-13-20)23-9-6-7-10-24(23)26-30-31-32-34(26)27(3,4)5/h6-7,9-10,12-15H,8,11,16-17H2,1-5H3. The van der Waals surface area contributed by atoms with E-state index < -0.39 is 0 Å². The Balaban J connectivity index is 1.44. The molecule has 34 heavy (non-hydrogen) atoms. The molecule has 4 aromatic rings. The number of fused-ring (bicyclic) bond motifs is 1. The van der Waals surface area contributed by atoms with Gasteiger partial charge in [-0.1, -0.05) is 48.5 Å². The third-order valence-corrected chi connectivity index (χ3v) is 6.37. The summed E-state index contributed by atoms with van der Waals surface area (Å²) in [5.74, 6) is 2.72. The topological polar surface area (TPSA) is 72.6 Å². The number of benzene rings is 2. The molecule has 7 nitrogen and oxygen atoms in total. The van der Waals surface area contributed by atoms with Crippen LogP contribution in [-0.4, -0.2) is 36.7 Å². The minimum Gasteiger partial charge on any atom is -0.352 e. The minimum atomic E-state index is -0.208. The Bertz CT molecular complexity index is 1320. The van der Waals surface area contributed by atoms with E-state index in [9.17, 15) is 0 Å². The van der Waals surface area contributed by atoms with E-state index >= 15 is 0 Å². The van der Waals surface area contributed by atoms with Crippen molar-refractivity contribution in [2.75, 3.05) is 11.4 Å². The fourth-order valence-corrected chi connectivity index (χ4v) is 4.73. The molecule has 2 aromatic carbocycles. The molecule has 2 aromatic heterocycles. The maximum absolute atomic E-state index is 4.78. The van der Waals surface area contributed by atoms with Crippen molar-refractivity contribution in [1.29, 1.82) is 0 Å². The quantitative estimate of drug-likeness (QED) is 0.427. The van der Waals surface area contributed by atoms with Crippen molar-refractivity contribution in [2.45, 2.75) is 59.5 Å². The average molecular weight is 454 g/mol. The molecule has 0 saturated heterocycles. The van der Waals surface area contributed by atoms with E-state index in [2.05, 4.69) is 95.6 Å². The van der Waals surface area contributed by atoms with Gasteiger partial charge in [-0.25, -0.2) is 14.6 Å². The second-order valence-electron chi connectivity index (χ2n) is 10.0. The second kappa shape index (κ2) is 8.63. The summed E-state index contributed by atoms with van der Waals surface area (Å²) in [5.41, 5.74) is 6.76. The fraction of sp³-hybridized carbons (Fsp3) is 0.370. The fourth-order valence-electron chi connectivity index (χ4n) is 4.73. The highest BCUT2D eigenvalue weighted by atomic mass is 15.6. The average Bonchev–Trinajstić information content (AvgIpc) is 3.31. The van der Waals surface area contributed by atoms with Crippen LogP contribution >= 0.6 is 0 Å². The number of rotatable bonds is 4. The minimum absolute atomic E-state index is 0.208. The molecule has 0 unspecified atom stereocenters. The van der Waals surface area contributed by atoms with Gasteiger partial charge in [-0.15, -0.1) is 5.10 Å². The molecule has 0 bridgehead atoms. The highest BCUT2D eigenvalue weighted by molar-refractivity contribution is 5.80. The Morgan fingerprint density at radius 1 is 0.912 bits per heavy atom. The first-order valence-electron chi connectivity index (χ1n) is 11.9. The Labute approximate surface area is 200 Å². The van der Waals surface area contributed by atoms with E-state index in [0.29, 0.717) is 0 Å². The Morgan fingerprint density at radius 3 is 2.38 bits per heavy atom. The molecule has 7 heteroatoms. The molecule has 3 heterocycles. The first-order chi connectivity index (χ1) is 16.3. The van der Waals surface area contributed by atoms with Crippen LogP contribution in [0.4, 0.5) is 5.82 Å². The number of nitrogens with zero attached hydrogens (tertiary/aromatic N) is 7. The second-order valence-corrected chi connectivity index (χ2v) is 10.0. The van der Waals surface area contributed by atoms with Gasteiger partial charge in [0, 0.05) is 29.9 Å². The maximum Gasteiger partial charge on any atom is 0.183 e. The summed E-state index contributed by atoms with van der Waals surface area (Å²) < 4.78 is 1.89. The molecule has 0 aliphatic carbocycles. The lowest BCUT2D eigenvalue weighted by Gasteiger charge is -2.31. The van der Waals surface area contributed by atoms with Crippen LogP contribution in [0.1, 0.15) is 49.8 Å². The van der Waals surface area contributed by atoms with Crippen molar-refractivity contribution in [3.05, 3.63) is 71.2 Å². The van der Waals surface area contributed by atoms with Gasteiger partial charge >= 0.3 is 0 Å². The first-order valence-corrected chi connectivity index (χ1v) is 11.9. The van der Waals surface area contributed by atoms with Gasteiger partial charge in [0.15, 0.2) is 5.82 Å². The zero-order valence-electron chi connectivity index (χ0n) is 20.6. The largest absolute Gasteiger partial charge is 0.352 e. The molecule has 0 amide bonds. The van der Waals surface area contributed by atoms with Gasteiger partial charge in [0.2, 0.25) is 0 Å². The van der Waals surface area contributed by atoms with E-state index in [1.807, 2.05) is 17.7 Å². The van der Waals surface area contributed by atoms with Crippen LogP contribution in [0.15, 0.2) is 48.5 Å². The molecule has 5 rings (SSSR count). The van der Waals surface area contributed by atoms with Gasteiger partial charge in [0.25, 0.3) is 0 Å². The summed E-state index contributed by atoms with van der Waals surface area (Å²) in [6.45, 7) is 12.3. The molecule has 1 aliphatic heterocycles. The van der Waals surface area contributed by atoms with Gasteiger partial charge in [-0.05, 0) is 74.6 Å². The van der Waals surface area contributed by atoms with Gasteiger partial charge in [-0.3, -0.25) is 0 Å². The molecule has 0 atom stereocenters. The van der Waals surface area contributed by atoms with Crippen LogP contribution in [-0.2, 0) is 18.5 Å². The van der Waals surface area contributed by atoms with Crippen LogP contribution in [0.3, 0.4) is 0 Å². The number of hydrogen-bond acceptors (Lipinski definition) is 6. The van der Waals surface area contributed by atoms with Gasteiger partial charge < -0.3 is 4.90 Å². The molecule has 1 aliphatic rings. The summed E-state index contributed by atoms with van der Waals surface area (Å²) in [7, 11) is 0. The number of anilines is 1. The van der Waals surface area contributed by atoms with Crippen molar-refractivity contribution >= 4 is 5.82 Å². The van der Waals surface area contributed by atoms with Crippen molar-refractivity contribution in [3.63, 3.8) is 0 Å². The van der Waals surface area contributed by atoms with Gasteiger partial charge in [0.05, 0.1) is 5.54 Å². The van der Waals surface area contributed by atoms with Crippen LogP contribution in [0, 0.1) is 13.8 Å². The molecular weight excluding hydrogens is 422 g/mol. The third kappa shape index (κ3) is 4.18. The normalized spacial score (nSPS) is 13.7. The Hall–Kier alpha value is -3.61. The number of hydrogen-bond donors (Lipinski definition) is 0. The monoisotopic (exact) mass is 453 g/mol. The molecule has 0 fully saturated rings. The predicted molar refractivity (Wildman–Crippen MR) is 135 cm³/mol. The van der Waals surface area contributed by atoms with E-state index in [-0.39, 0.29) is 5.54 Å². The lowest BCUT2D eigenvalue weighted by atomic mass is 9.97. The number of tetrazole rings is 1. The van der Waals surface area contributed by atoms with Crippen molar-refractivity contribution in [3.8, 4) is 22.5 Å². The summed E-state index contributed by atoms with van der Waals surface area (Å²) in [6, 6.07) is 17.1. The van der Waals surface area contributed by atoms with E-state index in [0.717, 1.165) is 65.8 Å². The Morgan fingerprint density at radius 2 is 1.65 bits per heavy atom. The van der Waals surface area contributed by atoms with E-state index in [4.69, 9.17) is 4.98 Å². The molecule has 0 radical (unpaired) electrons. The van der Waals surface area contributed by atoms with E-state index in [1.54, 1.807) is 0 Å². The summed E-state index contributed by atoms with van der Waals surface area (Å²) in [6.07, 6.45) is 2.19. The highest BCUT2D eigenvalue weighted by Crippen LogP contribution is 2.33. The zero-order chi connectivity index (χ0) is 23.9. The first kappa shape index (κ1) is 22.2. The van der Waals surface area contributed by atoms with Gasteiger partial charge in [-0.2, -0.15) is 0 Å². The molecule has 0 N–H and O–H groups in total. The molecule has 0 spiro atoms. The third-order valence-electron chi connectivity index (χ3n) is 6.37. The van der Waals surface area contributed by atoms with Crippen molar-refractivity contribution in [2.24, 2.45) is 0 Å². The zero-order valence-corrected chi connectivity index (χ0v) is 20.6. The van der Waals surface area contributed by atoms with Crippen LogP contribution in [0.5, 0.6) is 0 Å². The summed E-state index contributed by atoms with van der Waals surface area (Å²) >= 11 is 0. The van der Waals surface area contributed by atoms with Crippen molar-refractivity contribution in [1.82, 2.24) is 30.2 Å². The van der Waals surface area contributed by atoms with Crippen molar-refractivity contribution < 1.29 is 0 Å². The van der Waals surface area contributed by atoms with E-state index in [1.165, 1.54) is 11.1 Å². The maximum atomic E-state index is 4.78. The molecule has 0 saturated carbocycles. The van der Waals surface area contributed by atoms with Crippen LogP contribution < -0.4 is 4.90 Å². The van der Waals surface area contributed by atoms with Crippen LogP contribution in [0.2, 0.25) is 0 Å².